The van der Waals surface area contributed by atoms with Crippen LogP contribution in [0, 0.1) is 0 Å². The van der Waals surface area contributed by atoms with E-state index in [-0.39, 0.29) is 0 Å². The molecule has 2 aromatic rings. The van der Waals surface area contributed by atoms with E-state index in [9.17, 15) is 0 Å². The van der Waals surface area contributed by atoms with Crippen LogP contribution in [-0.2, 0) is 6.54 Å². The van der Waals surface area contributed by atoms with E-state index in [2.05, 4.69) is 4.98 Å². The molecule has 0 aliphatic heterocycles. The van der Waals surface area contributed by atoms with Gasteiger partial charge in [-0.2, -0.15) is 0 Å². The average molecular weight is 233 g/mol. The molecular formula is C12H15N3O2. The van der Waals surface area contributed by atoms with Gasteiger partial charge in [-0.25, -0.2) is 4.98 Å². The van der Waals surface area contributed by atoms with E-state index < -0.39 is 0 Å². The standard InChI is InChI=1S/C12H15N3O2/c1-16-9-3-4-11(17-2)10(7-9)15-6-5-14-12(15)8-13/h3-7H,8,13H2,1-2H3. The van der Waals surface area contributed by atoms with Gasteiger partial charge < -0.3 is 15.2 Å². The van der Waals surface area contributed by atoms with Crippen LogP contribution >= 0.6 is 0 Å². The monoisotopic (exact) mass is 233 g/mol. The van der Waals surface area contributed by atoms with Crippen molar-refractivity contribution in [2.75, 3.05) is 14.2 Å². The Morgan fingerprint density at radius 1 is 1.29 bits per heavy atom. The van der Waals surface area contributed by atoms with Crippen LogP contribution in [0.4, 0.5) is 0 Å². The van der Waals surface area contributed by atoms with E-state index in [0.29, 0.717) is 6.54 Å². The first-order chi connectivity index (χ1) is 8.30. The Kier molecular flexibility index (Phi) is 3.30. The maximum Gasteiger partial charge on any atom is 0.143 e. The average Bonchev–Trinajstić information content (AvgIpc) is 2.86. The highest BCUT2D eigenvalue weighted by Crippen LogP contribution is 2.28. The summed E-state index contributed by atoms with van der Waals surface area (Å²) >= 11 is 0. The van der Waals surface area contributed by atoms with Crippen LogP contribution in [0.3, 0.4) is 0 Å². The van der Waals surface area contributed by atoms with Crippen molar-refractivity contribution in [2.24, 2.45) is 5.73 Å². The lowest BCUT2D eigenvalue weighted by Crippen LogP contribution is -2.07. The Balaban J connectivity index is 2.56. The number of hydrogen-bond acceptors (Lipinski definition) is 4. The van der Waals surface area contributed by atoms with E-state index in [0.717, 1.165) is 23.0 Å². The zero-order valence-corrected chi connectivity index (χ0v) is 9.88. The minimum absolute atomic E-state index is 0.368. The number of ether oxygens (including phenoxy) is 2. The summed E-state index contributed by atoms with van der Waals surface area (Å²) in [6, 6.07) is 5.59. The van der Waals surface area contributed by atoms with Gasteiger partial charge in [0.1, 0.15) is 17.3 Å². The normalized spacial score (nSPS) is 10.3. The molecule has 5 heteroatoms. The maximum absolute atomic E-state index is 5.64. The molecule has 1 aromatic heterocycles. The lowest BCUT2D eigenvalue weighted by molar-refractivity contribution is 0.401. The minimum Gasteiger partial charge on any atom is -0.497 e. The van der Waals surface area contributed by atoms with Crippen LogP contribution in [0.1, 0.15) is 5.82 Å². The van der Waals surface area contributed by atoms with Crippen LogP contribution in [0.15, 0.2) is 30.6 Å². The van der Waals surface area contributed by atoms with Crippen LogP contribution in [0.5, 0.6) is 11.5 Å². The number of methoxy groups -OCH3 is 2. The molecule has 0 saturated carbocycles. The third-order valence-electron chi connectivity index (χ3n) is 2.55. The Bertz CT molecular complexity index is 508. The molecule has 0 atom stereocenters. The second kappa shape index (κ2) is 4.88. The molecule has 0 aliphatic carbocycles. The van der Waals surface area contributed by atoms with Gasteiger partial charge in [-0.1, -0.05) is 0 Å². The van der Waals surface area contributed by atoms with E-state index in [1.54, 1.807) is 20.4 Å². The van der Waals surface area contributed by atoms with Crippen molar-refractivity contribution >= 4 is 0 Å². The number of benzene rings is 1. The van der Waals surface area contributed by atoms with Crippen molar-refractivity contribution in [2.45, 2.75) is 6.54 Å². The maximum atomic E-state index is 5.64. The Morgan fingerprint density at radius 2 is 2.12 bits per heavy atom. The van der Waals surface area contributed by atoms with Crippen LogP contribution < -0.4 is 15.2 Å². The summed E-state index contributed by atoms with van der Waals surface area (Å²) in [5, 5.41) is 0. The molecule has 0 amide bonds. The summed E-state index contributed by atoms with van der Waals surface area (Å²) in [4.78, 5) is 4.18. The van der Waals surface area contributed by atoms with Crippen LogP contribution in [0.25, 0.3) is 5.69 Å². The Labute approximate surface area is 99.8 Å². The fourth-order valence-electron chi connectivity index (χ4n) is 1.69. The third kappa shape index (κ3) is 2.09. The third-order valence-corrected chi connectivity index (χ3v) is 2.55. The lowest BCUT2D eigenvalue weighted by atomic mass is 10.2. The summed E-state index contributed by atoms with van der Waals surface area (Å²) in [7, 11) is 3.26. The first-order valence-electron chi connectivity index (χ1n) is 5.25. The van der Waals surface area contributed by atoms with Gasteiger partial charge in [-0.3, -0.25) is 4.57 Å². The van der Waals surface area contributed by atoms with Gasteiger partial charge in [0.2, 0.25) is 0 Å². The molecule has 0 spiro atoms. The van der Waals surface area contributed by atoms with Crippen molar-refractivity contribution in [3.05, 3.63) is 36.4 Å². The van der Waals surface area contributed by atoms with E-state index in [4.69, 9.17) is 15.2 Å². The molecule has 0 fully saturated rings. The molecule has 2 N–H and O–H groups in total. The summed E-state index contributed by atoms with van der Waals surface area (Å²) < 4.78 is 12.4. The molecule has 5 nitrogen and oxygen atoms in total. The number of imidazole rings is 1. The SMILES string of the molecule is COc1ccc(OC)c(-n2ccnc2CN)c1. The predicted octanol–water partition coefficient (Wildman–Crippen LogP) is 1.35. The van der Waals surface area contributed by atoms with Crippen molar-refractivity contribution in [1.29, 1.82) is 0 Å². The highest BCUT2D eigenvalue weighted by molar-refractivity contribution is 5.51. The highest BCUT2D eigenvalue weighted by atomic mass is 16.5. The van der Waals surface area contributed by atoms with E-state index >= 15 is 0 Å². The second-order valence-electron chi connectivity index (χ2n) is 3.46. The molecular weight excluding hydrogens is 218 g/mol. The summed E-state index contributed by atoms with van der Waals surface area (Å²) in [5.41, 5.74) is 6.50. The number of rotatable bonds is 4. The molecule has 0 saturated heterocycles. The molecule has 90 valence electrons. The smallest absolute Gasteiger partial charge is 0.143 e. The highest BCUT2D eigenvalue weighted by Gasteiger charge is 2.10. The van der Waals surface area contributed by atoms with Gasteiger partial charge in [0.05, 0.1) is 26.5 Å². The molecule has 1 heterocycles. The van der Waals surface area contributed by atoms with Gasteiger partial charge in [0.25, 0.3) is 0 Å². The largest absolute Gasteiger partial charge is 0.497 e. The number of nitrogens with two attached hydrogens (primary N) is 1. The van der Waals surface area contributed by atoms with Gasteiger partial charge in [-0.15, -0.1) is 0 Å². The predicted molar refractivity (Wildman–Crippen MR) is 64.6 cm³/mol. The topological polar surface area (TPSA) is 62.3 Å². The summed E-state index contributed by atoms with van der Waals surface area (Å²) in [6.45, 7) is 0.368. The van der Waals surface area contributed by atoms with Crippen molar-refractivity contribution in [3.63, 3.8) is 0 Å². The fourth-order valence-corrected chi connectivity index (χ4v) is 1.69. The molecule has 1 aromatic carbocycles. The molecule has 0 bridgehead atoms. The molecule has 17 heavy (non-hydrogen) atoms. The minimum atomic E-state index is 0.368. The van der Waals surface area contributed by atoms with Crippen LogP contribution in [-0.4, -0.2) is 23.8 Å². The molecule has 0 unspecified atom stereocenters. The quantitative estimate of drug-likeness (QED) is 0.865. The lowest BCUT2D eigenvalue weighted by Gasteiger charge is -2.12. The Morgan fingerprint density at radius 3 is 2.76 bits per heavy atom. The van der Waals surface area contributed by atoms with Gasteiger partial charge >= 0.3 is 0 Å². The second-order valence-corrected chi connectivity index (χ2v) is 3.46. The zero-order valence-electron chi connectivity index (χ0n) is 9.88. The van der Waals surface area contributed by atoms with Crippen molar-refractivity contribution in [1.82, 2.24) is 9.55 Å². The molecule has 0 aliphatic rings. The number of hydrogen-bond donors (Lipinski definition) is 1. The fraction of sp³-hybridized carbons (Fsp3) is 0.250. The van der Waals surface area contributed by atoms with Gasteiger partial charge in [0.15, 0.2) is 0 Å². The van der Waals surface area contributed by atoms with Crippen molar-refractivity contribution < 1.29 is 9.47 Å². The van der Waals surface area contributed by atoms with Gasteiger partial charge in [-0.05, 0) is 12.1 Å². The first kappa shape index (κ1) is 11.5. The number of nitrogens with zero attached hydrogens (tertiary/aromatic N) is 2. The van der Waals surface area contributed by atoms with E-state index in [1.807, 2.05) is 29.0 Å². The van der Waals surface area contributed by atoms with Gasteiger partial charge in [0, 0.05) is 18.5 Å². The van der Waals surface area contributed by atoms with Crippen molar-refractivity contribution in [3.8, 4) is 17.2 Å². The zero-order chi connectivity index (χ0) is 12.3. The summed E-state index contributed by atoms with van der Waals surface area (Å²) in [5.74, 6) is 2.28. The molecule has 0 radical (unpaired) electrons. The Hall–Kier alpha value is -2.01. The first-order valence-corrected chi connectivity index (χ1v) is 5.25. The summed E-state index contributed by atoms with van der Waals surface area (Å²) in [6.07, 6.45) is 3.56. The van der Waals surface area contributed by atoms with E-state index in [1.165, 1.54) is 0 Å². The molecule has 2 rings (SSSR count). The number of aromatic nitrogens is 2. The van der Waals surface area contributed by atoms with Crippen LogP contribution in [0.2, 0.25) is 0 Å².